The Morgan fingerprint density at radius 1 is 1.27 bits per heavy atom. The minimum absolute atomic E-state index is 0.0699. The predicted molar refractivity (Wildman–Crippen MR) is 88.1 cm³/mol. The number of benzene rings is 1. The number of hydrogen-bond donors (Lipinski definition) is 1. The first-order valence-electron chi connectivity index (χ1n) is 8.04. The predicted octanol–water partition coefficient (Wildman–Crippen LogP) is 2.33. The summed E-state index contributed by atoms with van der Waals surface area (Å²) in [5.74, 6) is 0.724. The summed E-state index contributed by atoms with van der Waals surface area (Å²) in [6.07, 6.45) is 1.67. The molecule has 0 saturated carbocycles. The summed E-state index contributed by atoms with van der Waals surface area (Å²) >= 11 is 0. The van der Waals surface area contributed by atoms with Gasteiger partial charge in [-0.3, -0.25) is 9.59 Å². The molecule has 2 rings (SSSR count). The Morgan fingerprint density at radius 2 is 2.05 bits per heavy atom. The molecule has 0 radical (unpaired) electrons. The zero-order valence-electron chi connectivity index (χ0n) is 13.8. The number of likely N-dealkylation sites (tertiary alicyclic amines) is 1. The summed E-state index contributed by atoms with van der Waals surface area (Å²) in [7, 11) is 1.94. The first-order valence-corrected chi connectivity index (χ1v) is 8.04. The largest absolute Gasteiger partial charge is 0.342 e. The van der Waals surface area contributed by atoms with Crippen molar-refractivity contribution in [3.8, 4) is 0 Å². The number of amides is 1. The number of hydrogen-bond acceptors (Lipinski definition) is 3. The highest BCUT2D eigenvalue weighted by Gasteiger charge is 2.25. The first-order chi connectivity index (χ1) is 10.5. The molecule has 22 heavy (non-hydrogen) atoms. The van der Waals surface area contributed by atoms with Crippen LogP contribution in [-0.2, 0) is 4.79 Å². The van der Waals surface area contributed by atoms with Crippen LogP contribution in [0.15, 0.2) is 18.2 Å². The minimum atomic E-state index is 0.0699. The van der Waals surface area contributed by atoms with E-state index in [4.69, 9.17) is 0 Å². The second kappa shape index (κ2) is 7.54. The third kappa shape index (κ3) is 4.17. The maximum Gasteiger partial charge on any atom is 0.223 e. The van der Waals surface area contributed by atoms with Crippen LogP contribution in [-0.4, -0.2) is 43.3 Å². The standard InChI is InChI=1S/C18H26N2O2/c1-13-4-5-14(2)16(10-13)17(21)6-7-18(22)20-9-8-15(12-20)11-19-3/h4-5,10,15,19H,6-9,11-12H2,1-3H3. The van der Waals surface area contributed by atoms with Gasteiger partial charge in [0.05, 0.1) is 0 Å². The molecular formula is C18H26N2O2. The van der Waals surface area contributed by atoms with Gasteiger partial charge < -0.3 is 10.2 Å². The maximum absolute atomic E-state index is 12.3. The van der Waals surface area contributed by atoms with Gasteiger partial charge in [-0.05, 0) is 51.4 Å². The fourth-order valence-corrected chi connectivity index (χ4v) is 3.06. The van der Waals surface area contributed by atoms with Crippen LogP contribution in [0.1, 0.15) is 40.7 Å². The number of ketones is 1. The van der Waals surface area contributed by atoms with Gasteiger partial charge in [-0.15, -0.1) is 0 Å². The van der Waals surface area contributed by atoms with Crippen LogP contribution >= 0.6 is 0 Å². The highest BCUT2D eigenvalue weighted by Crippen LogP contribution is 2.18. The van der Waals surface area contributed by atoms with E-state index in [1.54, 1.807) is 0 Å². The lowest BCUT2D eigenvalue weighted by atomic mass is 9.99. The molecule has 1 unspecified atom stereocenters. The molecule has 1 atom stereocenters. The summed E-state index contributed by atoms with van der Waals surface area (Å²) in [5, 5.41) is 3.16. The maximum atomic E-state index is 12.3. The molecule has 1 aliphatic rings. The van der Waals surface area contributed by atoms with E-state index in [0.29, 0.717) is 18.8 Å². The number of nitrogens with zero attached hydrogens (tertiary/aromatic N) is 1. The molecule has 1 heterocycles. The molecule has 1 saturated heterocycles. The molecule has 1 aromatic rings. The average molecular weight is 302 g/mol. The van der Waals surface area contributed by atoms with E-state index in [2.05, 4.69) is 5.32 Å². The van der Waals surface area contributed by atoms with E-state index in [-0.39, 0.29) is 11.7 Å². The SMILES string of the molecule is CNCC1CCN(C(=O)CCC(=O)c2cc(C)ccc2C)C1. The lowest BCUT2D eigenvalue weighted by Gasteiger charge is -2.16. The summed E-state index contributed by atoms with van der Waals surface area (Å²) in [6.45, 7) is 6.51. The smallest absolute Gasteiger partial charge is 0.223 e. The molecule has 1 N–H and O–H groups in total. The summed E-state index contributed by atoms with van der Waals surface area (Å²) in [5.41, 5.74) is 2.82. The Morgan fingerprint density at radius 3 is 2.77 bits per heavy atom. The second-order valence-electron chi connectivity index (χ2n) is 6.29. The molecule has 1 aromatic carbocycles. The van der Waals surface area contributed by atoms with Crippen molar-refractivity contribution in [3.63, 3.8) is 0 Å². The summed E-state index contributed by atoms with van der Waals surface area (Å²) < 4.78 is 0. The number of aryl methyl sites for hydroxylation is 2. The van der Waals surface area contributed by atoms with Gasteiger partial charge >= 0.3 is 0 Å². The zero-order chi connectivity index (χ0) is 16.1. The lowest BCUT2D eigenvalue weighted by molar-refractivity contribution is -0.130. The van der Waals surface area contributed by atoms with Crippen LogP contribution < -0.4 is 5.32 Å². The normalized spacial score (nSPS) is 17.8. The van der Waals surface area contributed by atoms with Gasteiger partial charge in [0, 0.05) is 31.5 Å². The van der Waals surface area contributed by atoms with Crippen LogP contribution in [0.3, 0.4) is 0 Å². The molecule has 0 aromatic heterocycles. The molecule has 0 spiro atoms. The molecule has 0 bridgehead atoms. The molecule has 0 aliphatic carbocycles. The van der Waals surface area contributed by atoms with E-state index < -0.39 is 0 Å². The molecule has 1 aliphatic heterocycles. The fraction of sp³-hybridized carbons (Fsp3) is 0.556. The van der Waals surface area contributed by atoms with Gasteiger partial charge in [0.25, 0.3) is 0 Å². The van der Waals surface area contributed by atoms with Crippen LogP contribution in [0.25, 0.3) is 0 Å². The van der Waals surface area contributed by atoms with Crippen molar-refractivity contribution in [2.24, 2.45) is 5.92 Å². The van der Waals surface area contributed by atoms with Crippen molar-refractivity contribution in [3.05, 3.63) is 34.9 Å². The third-order valence-corrected chi connectivity index (χ3v) is 4.39. The number of nitrogens with one attached hydrogen (secondary N) is 1. The third-order valence-electron chi connectivity index (χ3n) is 4.39. The lowest BCUT2D eigenvalue weighted by Crippen LogP contribution is -2.30. The van der Waals surface area contributed by atoms with Crippen molar-refractivity contribution in [1.82, 2.24) is 10.2 Å². The number of carbonyl (C=O) groups is 2. The van der Waals surface area contributed by atoms with Crippen molar-refractivity contribution in [2.45, 2.75) is 33.1 Å². The highest BCUT2D eigenvalue weighted by molar-refractivity contribution is 5.99. The van der Waals surface area contributed by atoms with E-state index in [1.165, 1.54) is 0 Å². The van der Waals surface area contributed by atoms with Crippen molar-refractivity contribution >= 4 is 11.7 Å². The average Bonchev–Trinajstić information content (AvgIpc) is 2.96. The molecule has 1 fully saturated rings. The number of Topliss-reactive ketones (excluding diaryl/α,β-unsaturated/α-hetero) is 1. The van der Waals surface area contributed by atoms with Gasteiger partial charge in [0.15, 0.2) is 5.78 Å². The minimum Gasteiger partial charge on any atom is -0.342 e. The van der Waals surface area contributed by atoms with E-state index in [1.807, 2.05) is 44.0 Å². The van der Waals surface area contributed by atoms with Crippen LogP contribution in [0.2, 0.25) is 0 Å². The van der Waals surface area contributed by atoms with Crippen molar-refractivity contribution in [2.75, 3.05) is 26.7 Å². The van der Waals surface area contributed by atoms with Gasteiger partial charge in [-0.1, -0.05) is 17.7 Å². The van der Waals surface area contributed by atoms with Crippen molar-refractivity contribution < 1.29 is 9.59 Å². The van der Waals surface area contributed by atoms with Gasteiger partial charge in [0.1, 0.15) is 0 Å². The van der Waals surface area contributed by atoms with Gasteiger partial charge in [-0.25, -0.2) is 0 Å². The Hall–Kier alpha value is -1.68. The van der Waals surface area contributed by atoms with E-state index in [0.717, 1.165) is 42.7 Å². The van der Waals surface area contributed by atoms with Crippen LogP contribution in [0.4, 0.5) is 0 Å². The molecule has 120 valence electrons. The van der Waals surface area contributed by atoms with Gasteiger partial charge in [0.2, 0.25) is 5.91 Å². The Balaban J connectivity index is 1.86. The molecular weight excluding hydrogens is 276 g/mol. The molecule has 4 nitrogen and oxygen atoms in total. The number of carbonyl (C=O) groups excluding carboxylic acids is 2. The topological polar surface area (TPSA) is 49.4 Å². The Kier molecular flexibility index (Phi) is 5.72. The summed E-state index contributed by atoms with van der Waals surface area (Å²) in [6, 6.07) is 5.89. The molecule has 1 amide bonds. The first kappa shape index (κ1) is 16.7. The van der Waals surface area contributed by atoms with E-state index >= 15 is 0 Å². The fourth-order valence-electron chi connectivity index (χ4n) is 3.06. The van der Waals surface area contributed by atoms with E-state index in [9.17, 15) is 9.59 Å². The zero-order valence-corrected chi connectivity index (χ0v) is 13.8. The quantitative estimate of drug-likeness (QED) is 0.821. The second-order valence-corrected chi connectivity index (χ2v) is 6.29. The van der Waals surface area contributed by atoms with Crippen LogP contribution in [0, 0.1) is 19.8 Å². The van der Waals surface area contributed by atoms with Crippen LogP contribution in [0.5, 0.6) is 0 Å². The summed E-state index contributed by atoms with van der Waals surface area (Å²) in [4.78, 5) is 26.5. The monoisotopic (exact) mass is 302 g/mol. The van der Waals surface area contributed by atoms with Crippen molar-refractivity contribution in [1.29, 1.82) is 0 Å². The number of rotatable bonds is 6. The highest BCUT2D eigenvalue weighted by atomic mass is 16.2. The molecule has 4 heteroatoms. The Labute approximate surface area is 132 Å². The Bertz CT molecular complexity index is 554. The van der Waals surface area contributed by atoms with Gasteiger partial charge in [-0.2, -0.15) is 0 Å².